The zero-order valence-corrected chi connectivity index (χ0v) is 23.0. The van der Waals surface area contributed by atoms with E-state index in [0.717, 1.165) is 36.8 Å². The predicted molar refractivity (Wildman–Crippen MR) is 149 cm³/mol. The van der Waals surface area contributed by atoms with Crippen molar-refractivity contribution in [3.63, 3.8) is 0 Å². The lowest BCUT2D eigenvalue weighted by atomic mass is 9.76. The molecule has 0 saturated heterocycles. The van der Waals surface area contributed by atoms with Crippen LogP contribution in [0.1, 0.15) is 164 Å². The quantitative estimate of drug-likeness (QED) is 0.353. The molecule has 0 aliphatic heterocycles. The molecule has 2 fully saturated rings. The Morgan fingerprint density at radius 3 is 1.43 bits per heavy atom. The predicted octanol–water partition coefficient (Wildman–Crippen LogP) is 10.2. The monoisotopic (exact) mass is 510 g/mol. The molecule has 0 amide bonds. The van der Waals surface area contributed by atoms with Gasteiger partial charge in [0.1, 0.15) is 0 Å². The van der Waals surface area contributed by atoms with Gasteiger partial charge in [-0.25, -0.2) is 0 Å². The van der Waals surface area contributed by atoms with E-state index in [1.807, 2.05) is 22.7 Å². The molecular formula is C31H42O2S2. The van der Waals surface area contributed by atoms with E-state index >= 15 is 0 Å². The zero-order chi connectivity index (χ0) is 23.8. The van der Waals surface area contributed by atoms with Crippen LogP contribution in [-0.4, -0.2) is 11.6 Å². The molecule has 0 N–H and O–H groups in total. The summed E-state index contributed by atoms with van der Waals surface area (Å²) in [7, 11) is 0. The summed E-state index contributed by atoms with van der Waals surface area (Å²) in [6.45, 7) is 0. The largest absolute Gasteiger partial charge is 0.294 e. The van der Waals surface area contributed by atoms with E-state index in [1.54, 1.807) is 0 Å². The lowest BCUT2D eigenvalue weighted by Crippen LogP contribution is -2.24. The molecule has 0 spiro atoms. The fourth-order valence-corrected chi connectivity index (χ4v) is 10.9. The van der Waals surface area contributed by atoms with Gasteiger partial charge in [0.25, 0.3) is 0 Å². The molecule has 4 aliphatic carbocycles. The van der Waals surface area contributed by atoms with Crippen LogP contribution in [0.2, 0.25) is 0 Å². The number of ketones is 2. The number of carbonyl (C=O) groups is 2. The van der Waals surface area contributed by atoms with Crippen LogP contribution < -0.4 is 0 Å². The summed E-state index contributed by atoms with van der Waals surface area (Å²) >= 11 is 3.75. The van der Waals surface area contributed by atoms with Crippen LogP contribution in [0.15, 0.2) is 0 Å². The molecule has 2 saturated carbocycles. The molecule has 190 valence electrons. The standard InChI is InChI=1S/C31H42O2S2/c32-26-20-13-9-5-1-2-6-10-14-21(18-17-20)28-24(26)30-31(34-28)25-27(33)22-15-11-7-3-4-8-12-16-23(19-22)29(25)35-30/h20-23H,1-19H2. The van der Waals surface area contributed by atoms with Crippen molar-refractivity contribution in [2.75, 3.05) is 0 Å². The molecule has 4 heteroatoms. The summed E-state index contributed by atoms with van der Waals surface area (Å²) in [6, 6.07) is 0. The Kier molecular flexibility index (Phi) is 7.49. The Labute approximate surface area is 219 Å². The molecule has 4 atom stereocenters. The van der Waals surface area contributed by atoms with Crippen molar-refractivity contribution in [1.29, 1.82) is 0 Å². The minimum Gasteiger partial charge on any atom is -0.294 e. The lowest BCUT2D eigenvalue weighted by molar-refractivity contribution is 0.0882. The Bertz CT molecular complexity index is 1080. The van der Waals surface area contributed by atoms with Crippen LogP contribution in [0.25, 0.3) is 9.40 Å². The molecule has 2 aromatic heterocycles. The van der Waals surface area contributed by atoms with Crippen LogP contribution in [-0.2, 0) is 0 Å². The molecular weight excluding hydrogens is 468 g/mol. The molecule has 0 radical (unpaired) electrons. The summed E-state index contributed by atoms with van der Waals surface area (Å²) in [5.74, 6) is 2.33. The Balaban J connectivity index is 1.44. The van der Waals surface area contributed by atoms with Crippen LogP contribution in [0.3, 0.4) is 0 Å². The molecule has 0 aromatic carbocycles. The summed E-state index contributed by atoms with van der Waals surface area (Å²) in [5.41, 5.74) is 2.16. The Hall–Kier alpha value is -1.00. The number of carbonyl (C=O) groups excluding carboxylic acids is 2. The van der Waals surface area contributed by atoms with Gasteiger partial charge in [-0.3, -0.25) is 9.59 Å². The van der Waals surface area contributed by atoms with Crippen LogP contribution in [0.5, 0.6) is 0 Å². The summed E-state index contributed by atoms with van der Waals surface area (Å²) in [5, 5.41) is 0. The Morgan fingerprint density at radius 1 is 0.429 bits per heavy atom. The highest BCUT2D eigenvalue weighted by Gasteiger charge is 2.41. The number of Topliss-reactive ketones (excluding diaryl/α,β-unsaturated/α-hetero) is 2. The minimum atomic E-state index is 0.201. The van der Waals surface area contributed by atoms with Gasteiger partial charge >= 0.3 is 0 Å². The second-order valence-corrected chi connectivity index (χ2v) is 14.2. The van der Waals surface area contributed by atoms with Crippen molar-refractivity contribution in [3.8, 4) is 0 Å². The molecule has 2 heterocycles. The SMILES string of the molecule is O=C1c2c(sc3c4c(sc23)C2CCCCCCCCC(C2)C4=O)C2CCCCCCCCC1CC2. The van der Waals surface area contributed by atoms with Gasteiger partial charge in [-0.1, -0.05) is 77.0 Å². The first-order chi connectivity index (χ1) is 17.2. The van der Waals surface area contributed by atoms with Crippen LogP contribution >= 0.6 is 22.7 Å². The van der Waals surface area contributed by atoms with Gasteiger partial charge in [-0.05, 0) is 56.8 Å². The van der Waals surface area contributed by atoms with E-state index in [1.165, 1.54) is 115 Å². The fraction of sp³-hybridized carbons (Fsp3) is 0.742. The van der Waals surface area contributed by atoms with E-state index < -0.39 is 0 Å². The normalized spacial score (nSPS) is 31.1. The topological polar surface area (TPSA) is 34.1 Å². The summed E-state index contributed by atoms with van der Waals surface area (Å²) in [6.07, 6.45) is 23.5. The minimum absolute atomic E-state index is 0.201. The van der Waals surface area contributed by atoms with Gasteiger partial charge in [-0.2, -0.15) is 0 Å². The number of hydrogen-bond acceptors (Lipinski definition) is 4. The van der Waals surface area contributed by atoms with Gasteiger partial charge < -0.3 is 0 Å². The first kappa shape index (κ1) is 24.3. The van der Waals surface area contributed by atoms with Gasteiger partial charge in [-0.15, -0.1) is 22.7 Å². The number of hydrogen-bond donors (Lipinski definition) is 0. The van der Waals surface area contributed by atoms with Crippen molar-refractivity contribution in [2.45, 2.75) is 134 Å². The summed E-state index contributed by atoms with van der Waals surface area (Å²) < 4.78 is 2.44. The van der Waals surface area contributed by atoms with Crippen molar-refractivity contribution in [3.05, 3.63) is 20.9 Å². The van der Waals surface area contributed by atoms with Crippen molar-refractivity contribution in [2.24, 2.45) is 11.8 Å². The third kappa shape index (κ3) is 4.72. The van der Waals surface area contributed by atoms with Crippen molar-refractivity contribution < 1.29 is 9.59 Å². The molecule has 2 aromatic rings. The highest BCUT2D eigenvalue weighted by Crippen LogP contribution is 2.54. The molecule has 4 bridgehead atoms. The first-order valence-corrected chi connectivity index (χ1v) is 16.5. The van der Waals surface area contributed by atoms with Gasteiger partial charge in [0.15, 0.2) is 11.6 Å². The molecule has 2 nitrogen and oxygen atoms in total. The van der Waals surface area contributed by atoms with Crippen molar-refractivity contribution >= 4 is 43.6 Å². The molecule has 6 rings (SSSR count). The highest BCUT2D eigenvalue weighted by molar-refractivity contribution is 7.29. The average Bonchev–Trinajstić information content (AvgIpc) is 3.34. The molecule has 35 heavy (non-hydrogen) atoms. The second-order valence-electron chi connectivity index (χ2n) is 12.1. The van der Waals surface area contributed by atoms with E-state index in [2.05, 4.69) is 0 Å². The maximum atomic E-state index is 14.1. The van der Waals surface area contributed by atoms with Crippen LogP contribution in [0.4, 0.5) is 0 Å². The average molecular weight is 511 g/mol. The van der Waals surface area contributed by atoms with E-state index in [4.69, 9.17) is 0 Å². The number of thiophene rings is 2. The van der Waals surface area contributed by atoms with E-state index in [0.29, 0.717) is 23.4 Å². The van der Waals surface area contributed by atoms with Gasteiger partial charge in [0.2, 0.25) is 0 Å². The van der Waals surface area contributed by atoms with Crippen molar-refractivity contribution in [1.82, 2.24) is 0 Å². The number of fused-ring (bicyclic) bond motifs is 12. The smallest absolute Gasteiger partial charge is 0.168 e. The van der Waals surface area contributed by atoms with Crippen LogP contribution in [0, 0.1) is 11.8 Å². The molecule has 4 unspecified atom stereocenters. The third-order valence-electron chi connectivity index (χ3n) is 9.70. The fourth-order valence-electron chi connectivity index (χ4n) is 7.67. The highest BCUT2D eigenvalue weighted by atomic mass is 32.1. The van der Waals surface area contributed by atoms with E-state index in [9.17, 15) is 9.59 Å². The maximum Gasteiger partial charge on any atom is 0.168 e. The lowest BCUT2D eigenvalue weighted by Gasteiger charge is -2.28. The number of rotatable bonds is 0. The maximum absolute atomic E-state index is 14.1. The zero-order valence-electron chi connectivity index (χ0n) is 21.4. The second kappa shape index (κ2) is 10.8. The summed E-state index contributed by atoms with van der Waals surface area (Å²) in [4.78, 5) is 30.7. The van der Waals surface area contributed by atoms with Gasteiger partial charge in [0, 0.05) is 32.7 Å². The first-order valence-electron chi connectivity index (χ1n) is 14.9. The molecule has 4 aliphatic rings. The third-order valence-corrected chi connectivity index (χ3v) is 12.6. The van der Waals surface area contributed by atoms with Gasteiger partial charge in [0.05, 0.1) is 9.40 Å². The van der Waals surface area contributed by atoms with E-state index in [-0.39, 0.29) is 11.8 Å². The Morgan fingerprint density at radius 2 is 0.829 bits per heavy atom.